The molecule has 0 aliphatic heterocycles. The second kappa shape index (κ2) is 7.25. The van der Waals surface area contributed by atoms with E-state index < -0.39 is 0 Å². The summed E-state index contributed by atoms with van der Waals surface area (Å²) < 4.78 is 5.67. The van der Waals surface area contributed by atoms with Crippen LogP contribution in [0.2, 0.25) is 0 Å². The Morgan fingerprint density at radius 1 is 1.41 bits per heavy atom. The zero-order chi connectivity index (χ0) is 12.7. The lowest BCUT2D eigenvalue weighted by Gasteiger charge is -2.23. The maximum atomic E-state index is 6.18. The molecule has 0 aliphatic carbocycles. The average molecular weight is 237 g/mol. The van der Waals surface area contributed by atoms with E-state index >= 15 is 0 Å². The van der Waals surface area contributed by atoms with Crippen molar-refractivity contribution in [3.8, 4) is 0 Å². The summed E-state index contributed by atoms with van der Waals surface area (Å²) in [5.41, 5.74) is 13.0. The summed E-state index contributed by atoms with van der Waals surface area (Å²) in [5.74, 6) is 0.565. The van der Waals surface area contributed by atoms with Gasteiger partial charge in [0.15, 0.2) is 0 Å². The number of hydrogen-bond acceptors (Lipinski definition) is 4. The van der Waals surface area contributed by atoms with Crippen molar-refractivity contribution < 1.29 is 4.74 Å². The molecule has 96 valence electrons. The van der Waals surface area contributed by atoms with Crippen LogP contribution in [0.3, 0.4) is 0 Å². The van der Waals surface area contributed by atoms with Crippen LogP contribution in [0.1, 0.15) is 32.3 Å². The van der Waals surface area contributed by atoms with Crippen LogP contribution in [0.15, 0.2) is 18.3 Å². The molecule has 0 saturated carbocycles. The highest BCUT2D eigenvalue weighted by molar-refractivity contribution is 5.38. The molecule has 0 spiro atoms. The molecule has 0 radical (unpaired) electrons. The highest BCUT2D eigenvalue weighted by Gasteiger charge is 2.18. The molecule has 0 bridgehead atoms. The van der Waals surface area contributed by atoms with Crippen molar-refractivity contribution in [3.63, 3.8) is 0 Å². The lowest BCUT2D eigenvalue weighted by molar-refractivity contribution is 0.0379. The largest absolute Gasteiger partial charge is 0.383 e. The van der Waals surface area contributed by atoms with Crippen LogP contribution >= 0.6 is 0 Å². The number of ether oxygens (including phenoxy) is 1. The van der Waals surface area contributed by atoms with Crippen molar-refractivity contribution in [2.24, 2.45) is 5.73 Å². The van der Waals surface area contributed by atoms with Crippen molar-refractivity contribution in [1.29, 1.82) is 0 Å². The van der Waals surface area contributed by atoms with E-state index in [-0.39, 0.29) is 12.1 Å². The molecular formula is C13H23N3O. The number of hydrogen-bond donors (Lipinski definition) is 2. The summed E-state index contributed by atoms with van der Waals surface area (Å²) >= 11 is 0. The molecule has 2 atom stereocenters. The molecule has 0 aliphatic rings. The van der Waals surface area contributed by atoms with Crippen LogP contribution in [0, 0.1) is 0 Å². The predicted molar refractivity (Wildman–Crippen MR) is 70.7 cm³/mol. The summed E-state index contributed by atoms with van der Waals surface area (Å²) in [7, 11) is 0. The van der Waals surface area contributed by atoms with E-state index in [0.717, 1.165) is 18.4 Å². The summed E-state index contributed by atoms with van der Waals surface area (Å²) in [6.07, 6.45) is 4.56. The topological polar surface area (TPSA) is 74.2 Å². The van der Waals surface area contributed by atoms with Crippen LogP contribution in [0.5, 0.6) is 0 Å². The Balaban J connectivity index is 2.62. The highest BCUT2D eigenvalue weighted by Crippen LogP contribution is 2.14. The first-order chi connectivity index (χ1) is 8.19. The van der Waals surface area contributed by atoms with Gasteiger partial charge in [0.25, 0.3) is 0 Å². The minimum absolute atomic E-state index is 0.0265. The Kier molecular flexibility index (Phi) is 5.94. The first-order valence-electron chi connectivity index (χ1n) is 6.25. The molecule has 1 aromatic rings. The molecule has 4 N–H and O–H groups in total. The van der Waals surface area contributed by atoms with Crippen LogP contribution < -0.4 is 11.5 Å². The van der Waals surface area contributed by atoms with E-state index in [9.17, 15) is 0 Å². The molecule has 17 heavy (non-hydrogen) atoms. The number of aromatic nitrogens is 1. The van der Waals surface area contributed by atoms with E-state index in [2.05, 4.69) is 11.9 Å². The van der Waals surface area contributed by atoms with E-state index in [1.165, 1.54) is 0 Å². The fourth-order valence-electron chi connectivity index (χ4n) is 1.93. The molecule has 0 aromatic carbocycles. The van der Waals surface area contributed by atoms with E-state index in [4.69, 9.17) is 16.2 Å². The van der Waals surface area contributed by atoms with Gasteiger partial charge in [0.1, 0.15) is 5.82 Å². The second-order valence-corrected chi connectivity index (χ2v) is 4.20. The molecule has 2 unspecified atom stereocenters. The zero-order valence-electron chi connectivity index (χ0n) is 10.7. The Bertz CT molecular complexity index is 324. The first-order valence-corrected chi connectivity index (χ1v) is 6.25. The van der Waals surface area contributed by atoms with Gasteiger partial charge in [0.05, 0.1) is 6.10 Å². The molecule has 0 fully saturated rings. The van der Waals surface area contributed by atoms with E-state index in [1.54, 1.807) is 6.20 Å². The zero-order valence-corrected chi connectivity index (χ0v) is 10.7. The van der Waals surface area contributed by atoms with Gasteiger partial charge < -0.3 is 16.2 Å². The molecule has 1 heterocycles. The van der Waals surface area contributed by atoms with Crippen LogP contribution in [-0.2, 0) is 11.2 Å². The van der Waals surface area contributed by atoms with E-state index in [0.29, 0.717) is 18.8 Å². The lowest BCUT2D eigenvalue weighted by Crippen LogP contribution is -2.38. The van der Waals surface area contributed by atoms with Crippen LogP contribution in [0.25, 0.3) is 0 Å². The first kappa shape index (κ1) is 13.9. The van der Waals surface area contributed by atoms with Crippen LogP contribution in [0.4, 0.5) is 5.82 Å². The normalized spacial score (nSPS) is 14.5. The summed E-state index contributed by atoms with van der Waals surface area (Å²) in [5, 5.41) is 0. The predicted octanol–water partition coefficient (Wildman–Crippen LogP) is 1.74. The van der Waals surface area contributed by atoms with Crippen molar-refractivity contribution >= 4 is 5.82 Å². The SMILES string of the molecule is CCCC(OCC)C(N)Cc1cccnc1N. The minimum Gasteiger partial charge on any atom is -0.383 e. The number of rotatable bonds is 7. The van der Waals surface area contributed by atoms with Gasteiger partial charge in [-0.2, -0.15) is 0 Å². The number of pyridine rings is 1. The number of nitrogen functional groups attached to an aromatic ring is 1. The van der Waals surface area contributed by atoms with Gasteiger partial charge in [-0.1, -0.05) is 19.4 Å². The minimum atomic E-state index is -0.0265. The Morgan fingerprint density at radius 2 is 2.18 bits per heavy atom. The smallest absolute Gasteiger partial charge is 0.126 e. The van der Waals surface area contributed by atoms with Crippen molar-refractivity contribution in [2.45, 2.75) is 45.3 Å². The summed E-state index contributed by atoms with van der Waals surface area (Å²) in [6, 6.07) is 3.83. The van der Waals surface area contributed by atoms with Gasteiger partial charge in [-0.3, -0.25) is 0 Å². The van der Waals surface area contributed by atoms with Gasteiger partial charge in [0, 0.05) is 18.8 Å². The molecule has 1 rings (SSSR count). The Labute approximate surface area is 103 Å². The molecule has 4 heteroatoms. The monoisotopic (exact) mass is 237 g/mol. The third kappa shape index (κ3) is 4.32. The second-order valence-electron chi connectivity index (χ2n) is 4.20. The summed E-state index contributed by atoms with van der Waals surface area (Å²) in [6.45, 7) is 4.83. The molecule has 0 saturated heterocycles. The third-order valence-electron chi connectivity index (χ3n) is 2.81. The number of anilines is 1. The molecular weight excluding hydrogens is 214 g/mol. The average Bonchev–Trinajstić information content (AvgIpc) is 2.32. The lowest BCUT2D eigenvalue weighted by atomic mass is 9.99. The van der Waals surface area contributed by atoms with Gasteiger partial charge in [-0.05, 0) is 31.4 Å². The Hall–Kier alpha value is -1.13. The van der Waals surface area contributed by atoms with Gasteiger partial charge in [-0.25, -0.2) is 4.98 Å². The van der Waals surface area contributed by atoms with Gasteiger partial charge in [0.2, 0.25) is 0 Å². The van der Waals surface area contributed by atoms with Crippen molar-refractivity contribution in [1.82, 2.24) is 4.98 Å². The van der Waals surface area contributed by atoms with Gasteiger partial charge >= 0.3 is 0 Å². The highest BCUT2D eigenvalue weighted by atomic mass is 16.5. The number of nitrogens with zero attached hydrogens (tertiary/aromatic N) is 1. The van der Waals surface area contributed by atoms with Crippen molar-refractivity contribution in [2.75, 3.05) is 12.3 Å². The molecule has 0 amide bonds. The standard InChI is InChI=1S/C13H23N3O/c1-3-6-12(17-4-2)11(14)9-10-7-5-8-16-13(10)15/h5,7-8,11-12H,3-4,6,9,14H2,1-2H3,(H2,15,16). The quantitative estimate of drug-likeness (QED) is 0.757. The molecule has 4 nitrogen and oxygen atoms in total. The van der Waals surface area contributed by atoms with Gasteiger partial charge in [-0.15, -0.1) is 0 Å². The summed E-state index contributed by atoms with van der Waals surface area (Å²) in [4.78, 5) is 4.06. The number of nitrogens with two attached hydrogens (primary N) is 2. The maximum absolute atomic E-state index is 6.18. The fraction of sp³-hybridized carbons (Fsp3) is 0.615. The van der Waals surface area contributed by atoms with Crippen molar-refractivity contribution in [3.05, 3.63) is 23.9 Å². The fourth-order valence-corrected chi connectivity index (χ4v) is 1.93. The Morgan fingerprint density at radius 3 is 2.76 bits per heavy atom. The maximum Gasteiger partial charge on any atom is 0.126 e. The van der Waals surface area contributed by atoms with E-state index in [1.807, 2.05) is 19.1 Å². The third-order valence-corrected chi connectivity index (χ3v) is 2.81. The van der Waals surface area contributed by atoms with Crippen LogP contribution in [-0.4, -0.2) is 23.7 Å². The molecule has 1 aromatic heterocycles.